The summed E-state index contributed by atoms with van der Waals surface area (Å²) < 4.78 is 17.1. The van der Waals surface area contributed by atoms with Crippen LogP contribution < -0.4 is 4.74 Å². The Morgan fingerprint density at radius 3 is 2.95 bits per heavy atom. The van der Waals surface area contributed by atoms with Gasteiger partial charge in [0.05, 0.1) is 4.47 Å². The average molecular weight is 341 g/mol. The lowest BCUT2D eigenvalue weighted by molar-refractivity contribution is 0.0683. The molecule has 0 radical (unpaired) electrons. The van der Waals surface area contributed by atoms with Crippen molar-refractivity contribution >= 4 is 15.9 Å². The average Bonchev–Trinajstić information content (AvgIpc) is 2.89. The smallest absolute Gasteiger partial charge is 0.264 e. The SMILES string of the molecule is CCOC(C)c1noc(COc2cc(C)ccc2Br)n1. The summed E-state index contributed by atoms with van der Waals surface area (Å²) in [7, 11) is 0. The van der Waals surface area contributed by atoms with E-state index in [1.165, 1.54) is 0 Å². The Bertz CT molecular complexity index is 571. The minimum atomic E-state index is -0.178. The van der Waals surface area contributed by atoms with Gasteiger partial charge in [-0.25, -0.2) is 0 Å². The van der Waals surface area contributed by atoms with Crippen LogP contribution in [0.5, 0.6) is 5.75 Å². The van der Waals surface area contributed by atoms with E-state index in [1.54, 1.807) is 0 Å². The van der Waals surface area contributed by atoms with Crippen molar-refractivity contribution in [1.82, 2.24) is 10.1 Å². The van der Waals surface area contributed by atoms with Crippen molar-refractivity contribution < 1.29 is 14.0 Å². The van der Waals surface area contributed by atoms with Gasteiger partial charge in [0.1, 0.15) is 11.9 Å². The van der Waals surface area contributed by atoms with Crippen LogP contribution in [0.3, 0.4) is 0 Å². The first-order valence-corrected chi connectivity index (χ1v) is 7.22. The number of hydrogen-bond donors (Lipinski definition) is 0. The van der Waals surface area contributed by atoms with E-state index in [1.807, 2.05) is 39.0 Å². The first-order valence-electron chi connectivity index (χ1n) is 6.43. The van der Waals surface area contributed by atoms with Crippen molar-refractivity contribution in [3.05, 3.63) is 40.0 Å². The van der Waals surface area contributed by atoms with Crippen molar-refractivity contribution in [3.8, 4) is 5.75 Å². The van der Waals surface area contributed by atoms with E-state index in [-0.39, 0.29) is 12.7 Å². The van der Waals surface area contributed by atoms with E-state index < -0.39 is 0 Å². The van der Waals surface area contributed by atoms with Gasteiger partial charge >= 0.3 is 0 Å². The highest BCUT2D eigenvalue weighted by Gasteiger charge is 2.14. The summed E-state index contributed by atoms with van der Waals surface area (Å²) in [5, 5.41) is 3.88. The Labute approximate surface area is 126 Å². The molecular formula is C14H17BrN2O3. The molecule has 20 heavy (non-hydrogen) atoms. The van der Waals surface area contributed by atoms with Crippen LogP contribution in [0.15, 0.2) is 27.2 Å². The van der Waals surface area contributed by atoms with E-state index in [2.05, 4.69) is 26.1 Å². The van der Waals surface area contributed by atoms with Crippen LogP contribution in [0, 0.1) is 6.92 Å². The molecule has 6 heteroatoms. The van der Waals surface area contributed by atoms with Crippen LogP contribution in [0.1, 0.15) is 37.2 Å². The number of rotatable bonds is 6. The third kappa shape index (κ3) is 3.80. The molecule has 2 aromatic rings. The molecule has 0 saturated carbocycles. The van der Waals surface area contributed by atoms with Gasteiger partial charge in [0.15, 0.2) is 12.4 Å². The van der Waals surface area contributed by atoms with E-state index >= 15 is 0 Å². The van der Waals surface area contributed by atoms with Crippen molar-refractivity contribution in [3.63, 3.8) is 0 Å². The molecule has 0 bridgehead atoms. The van der Waals surface area contributed by atoms with Gasteiger partial charge in [0, 0.05) is 6.61 Å². The number of halogens is 1. The van der Waals surface area contributed by atoms with Gasteiger partial charge in [-0.2, -0.15) is 4.98 Å². The molecule has 2 rings (SSSR count). The van der Waals surface area contributed by atoms with Crippen molar-refractivity contribution in [2.45, 2.75) is 33.5 Å². The molecule has 0 saturated heterocycles. The Balaban J connectivity index is 1.99. The standard InChI is InChI=1S/C14H17BrN2O3/c1-4-18-10(3)14-16-13(20-17-14)8-19-12-7-9(2)5-6-11(12)15/h5-7,10H,4,8H2,1-3H3. The summed E-state index contributed by atoms with van der Waals surface area (Å²) in [5.41, 5.74) is 1.12. The van der Waals surface area contributed by atoms with Gasteiger partial charge in [-0.05, 0) is 54.4 Å². The third-order valence-corrected chi connectivity index (χ3v) is 3.36. The Kier molecular flexibility index (Phi) is 5.14. The molecule has 1 atom stereocenters. The summed E-state index contributed by atoms with van der Waals surface area (Å²) in [6, 6.07) is 5.90. The predicted molar refractivity (Wildman–Crippen MR) is 77.6 cm³/mol. The van der Waals surface area contributed by atoms with Gasteiger partial charge in [-0.1, -0.05) is 11.2 Å². The molecule has 1 aromatic heterocycles. The molecule has 1 aromatic carbocycles. The third-order valence-electron chi connectivity index (χ3n) is 2.70. The molecule has 1 heterocycles. The summed E-state index contributed by atoms with van der Waals surface area (Å²) in [6.45, 7) is 6.66. The Morgan fingerprint density at radius 1 is 1.40 bits per heavy atom. The molecular weight excluding hydrogens is 324 g/mol. The highest BCUT2D eigenvalue weighted by atomic mass is 79.9. The highest BCUT2D eigenvalue weighted by molar-refractivity contribution is 9.10. The van der Waals surface area contributed by atoms with Gasteiger partial charge in [-0.3, -0.25) is 0 Å². The molecule has 0 aliphatic carbocycles. The van der Waals surface area contributed by atoms with E-state index in [9.17, 15) is 0 Å². The molecule has 0 aliphatic rings. The molecule has 108 valence electrons. The molecule has 0 fully saturated rings. The van der Waals surface area contributed by atoms with Crippen LogP contribution in [0.25, 0.3) is 0 Å². The van der Waals surface area contributed by atoms with E-state index in [0.29, 0.717) is 18.3 Å². The van der Waals surface area contributed by atoms with Crippen LogP contribution >= 0.6 is 15.9 Å². The predicted octanol–water partition coefficient (Wildman–Crippen LogP) is 3.82. The second kappa shape index (κ2) is 6.85. The molecule has 5 nitrogen and oxygen atoms in total. The maximum Gasteiger partial charge on any atom is 0.264 e. The normalized spacial score (nSPS) is 12.4. The fraction of sp³-hybridized carbons (Fsp3) is 0.429. The molecule has 0 spiro atoms. The zero-order valence-corrected chi connectivity index (χ0v) is 13.3. The maximum absolute atomic E-state index is 5.67. The number of aryl methyl sites for hydroxylation is 1. The van der Waals surface area contributed by atoms with Crippen molar-refractivity contribution in [1.29, 1.82) is 0 Å². The van der Waals surface area contributed by atoms with Crippen LogP contribution in [-0.2, 0) is 11.3 Å². The van der Waals surface area contributed by atoms with Gasteiger partial charge in [0.25, 0.3) is 5.89 Å². The second-order valence-electron chi connectivity index (χ2n) is 4.37. The largest absolute Gasteiger partial charge is 0.483 e. The number of nitrogens with zero attached hydrogens (tertiary/aromatic N) is 2. The number of benzene rings is 1. The van der Waals surface area contributed by atoms with E-state index in [0.717, 1.165) is 15.8 Å². The molecule has 0 aliphatic heterocycles. The molecule has 1 unspecified atom stereocenters. The van der Waals surface area contributed by atoms with Gasteiger partial charge in [0.2, 0.25) is 0 Å². The fourth-order valence-corrected chi connectivity index (χ4v) is 2.04. The lowest BCUT2D eigenvalue weighted by atomic mass is 10.2. The maximum atomic E-state index is 5.67. The molecule has 0 N–H and O–H groups in total. The zero-order chi connectivity index (χ0) is 14.5. The molecule has 0 amide bonds. The summed E-state index contributed by atoms with van der Waals surface area (Å²) >= 11 is 3.44. The number of ether oxygens (including phenoxy) is 2. The quantitative estimate of drug-likeness (QED) is 0.800. The van der Waals surface area contributed by atoms with Gasteiger partial charge in [-0.15, -0.1) is 0 Å². The van der Waals surface area contributed by atoms with Crippen molar-refractivity contribution in [2.24, 2.45) is 0 Å². The lowest BCUT2D eigenvalue weighted by Gasteiger charge is -2.06. The minimum Gasteiger partial charge on any atom is -0.483 e. The minimum absolute atomic E-state index is 0.178. The second-order valence-corrected chi connectivity index (χ2v) is 5.22. The topological polar surface area (TPSA) is 57.4 Å². The van der Waals surface area contributed by atoms with Gasteiger partial charge < -0.3 is 14.0 Å². The first kappa shape index (κ1) is 15.0. The zero-order valence-electron chi connectivity index (χ0n) is 11.7. The van der Waals surface area contributed by atoms with Crippen molar-refractivity contribution in [2.75, 3.05) is 6.61 Å². The summed E-state index contributed by atoms with van der Waals surface area (Å²) in [6.07, 6.45) is -0.178. The first-order chi connectivity index (χ1) is 9.60. The Hall–Kier alpha value is -1.40. The lowest BCUT2D eigenvalue weighted by Crippen LogP contribution is -2.02. The summed E-state index contributed by atoms with van der Waals surface area (Å²) in [4.78, 5) is 4.25. The summed E-state index contributed by atoms with van der Waals surface area (Å²) in [5.74, 6) is 1.72. The van der Waals surface area contributed by atoms with Crippen LogP contribution in [0.2, 0.25) is 0 Å². The fourth-order valence-electron chi connectivity index (χ4n) is 1.68. The van der Waals surface area contributed by atoms with E-state index in [4.69, 9.17) is 14.0 Å². The number of hydrogen-bond acceptors (Lipinski definition) is 5. The van der Waals surface area contributed by atoms with Crippen LogP contribution in [0.4, 0.5) is 0 Å². The monoisotopic (exact) mass is 340 g/mol. The highest BCUT2D eigenvalue weighted by Crippen LogP contribution is 2.26. The number of aromatic nitrogens is 2. The van der Waals surface area contributed by atoms with Crippen LogP contribution in [-0.4, -0.2) is 16.7 Å². The Morgan fingerprint density at radius 2 is 2.20 bits per heavy atom.